The maximum Gasteiger partial charge on any atom is 0.266 e. The van der Waals surface area contributed by atoms with Gasteiger partial charge < -0.3 is 16.2 Å². The Bertz CT molecular complexity index is 182. The van der Waals surface area contributed by atoms with Gasteiger partial charge in [-0.25, -0.2) is 4.98 Å². The molecule has 0 aliphatic heterocycles. The number of nitrogens with one attached hydrogen (secondary N) is 1. The molecule has 5 N–H and O–H groups in total. The number of H-pyrrole nitrogens is 1. The van der Waals surface area contributed by atoms with Crippen LogP contribution in [0.5, 0.6) is 0 Å². The molecule has 0 aliphatic rings. The van der Waals surface area contributed by atoms with Crippen molar-refractivity contribution in [3.63, 3.8) is 0 Å². The van der Waals surface area contributed by atoms with Crippen LogP contribution in [0.2, 0.25) is 0 Å². The molecule has 0 atom stereocenters. The number of aromatic nitrogens is 2. The zero-order valence-corrected chi connectivity index (χ0v) is 4.59. The molecule has 0 radical (unpaired) electrons. The predicted molar refractivity (Wildman–Crippen MR) is 30.7 cm³/mol. The van der Waals surface area contributed by atoms with Crippen LogP contribution in [0.15, 0.2) is 12.5 Å². The molecule has 0 aliphatic carbocycles. The highest BCUT2D eigenvalue weighted by Crippen LogP contribution is 1.85. The largest absolute Gasteiger partial charge is 0.412 e. The van der Waals surface area contributed by atoms with Crippen molar-refractivity contribution in [3.05, 3.63) is 18.2 Å². The Morgan fingerprint density at radius 3 is 2.67 bits per heavy atom. The third-order valence-corrected chi connectivity index (χ3v) is 0.764. The number of carbonyl (C=O) groups excluding carboxylic acids is 1. The summed E-state index contributed by atoms with van der Waals surface area (Å²) in [5, 5.41) is 0. The van der Waals surface area contributed by atoms with Gasteiger partial charge in [-0.3, -0.25) is 4.79 Å². The van der Waals surface area contributed by atoms with Gasteiger partial charge in [0, 0.05) is 0 Å². The Balaban J connectivity index is 0.000000640. The number of nitrogens with two attached hydrogens (primary N) is 1. The highest BCUT2D eigenvalue weighted by Gasteiger charge is 1.96. The van der Waals surface area contributed by atoms with Gasteiger partial charge >= 0.3 is 0 Å². The minimum absolute atomic E-state index is 0. The summed E-state index contributed by atoms with van der Waals surface area (Å²) in [4.78, 5) is 16.4. The third kappa shape index (κ3) is 1.54. The summed E-state index contributed by atoms with van der Waals surface area (Å²) in [6.07, 6.45) is 2.78. The van der Waals surface area contributed by atoms with Crippen molar-refractivity contribution in [1.82, 2.24) is 9.97 Å². The fourth-order valence-electron chi connectivity index (χ4n) is 0.391. The maximum atomic E-state index is 10.2. The quantitative estimate of drug-likeness (QED) is 0.491. The molecule has 50 valence electrons. The van der Waals surface area contributed by atoms with Gasteiger partial charge in [-0.05, 0) is 0 Å². The number of imidazole rings is 1. The van der Waals surface area contributed by atoms with E-state index in [4.69, 9.17) is 5.73 Å². The fourth-order valence-corrected chi connectivity index (χ4v) is 0.391. The van der Waals surface area contributed by atoms with Crippen LogP contribution in [0.3, 0.4) is 0 Å². The molecule has 0 saturated heterocycles. The zero-order valence-electron chi connectivity index (χ0n) is 4.59. The third-order valence-electron chi connectivity index (χ3n) is 0.764. The molecule has 1 aromatic heterocycles. The second kappa shape index (κ2) is 2.83. The van der Waals surface area contributed by atoms with Crippen LogP contribution in [0.25, 0.3) is 0 Å². The molecule has 5 nitrogen and oxygen atoms in total. The molecular formula is C4H7N3O2. The van der Waals surface area contributed by atoms with Crippen molar-refractivity contribution in [2.45, 2.75) is 0 Å². The topological polar surface area (TPSA) is 103 Å². The van der Waals surface area contributed by atoms with E-state index in [9.17, 15) is 4.79 Å². The first-order valence-electron chi connectivity index (χ1n) is 2.09. The average molecular weight is 129 g/mol. The van der Waals surface area contributed by atoms with E-state index in [1.165, 1.54) is 12.5 Å². The normalized spacial score (nSPS) is 8.00. The molecular weight excluding hydrogens is 122 g/mol. The summed E-state index contributed by atoms with van der Waals surface area (Å²) in [5.41, 5.74) is 5.19. The lowest BCUT2D eigenvalue weighted by molar-refractivity contribution is 0.0996. The molecule has 1 amide bonds. The number of nitrogens with zero attached hydrogens (tertiary/aromatic N) is 1. The highest BCUT2D eigenvalue weighted by molar-refractivity contribution is 5.90. The second-order valence-corrected chi connectivity index (χ2v) is 1.33. The first kappa shape index (κ1) is 7.64. The summed E-state index contributed by atoms with van der Waals surface area (Å²) in [6.45, 7) is 0. The number of carbonyl (C=O) groups is 1. The highest BCUT2D eigenvalue weighted by atomic mass is 16.1. The van der Waals surface area contributed by atoms with Crippen LogP contribution < -0.4 is 5.73 Å². The van der Waals surface area contributed by atoms with Crippen LogP contribution in [0, 0.1) is 0 Å². The SMILES string of the molecule is NC(=O)c1cnc[nH]1.O. The van der Waals surface area contributed by atoms with Gasteiger partial charge in [0.25, 0.3) is 5.91 Å². The van der Waals surface area contributed by atoms with Crippen LogP contribution in [0.4, 0.5) is 0 Å². The van der Waals surface area contributed by atoms with Gasteiger partial charge in [-0.15, -0.1) is 0 Å². The van der Waals surface area contributed by atoms with Crippen molar-refractivity contribution in [1.29, 1.82) is 0 Å². The maximum absolute atomic E-state index is 10.2. The number of hydrogen-bond donors (Lipinski definition) is 2. The molecule has 0 fully saturated rings. The first-order valence-corrected chi connectivity index (χ1v) is 2.09. The van der Waals surface area contributed by atoms with Gasteiger partial charge in [0.2, 0.25) is 0 Å². The van der Waals surface area contributed by atoms with Gasteiger partial charge in [0.1, 0.15) is 5.69 Å². The van der Waals surface area contributed by atoms with E-state index >= 15 is 0 Å². The second-order valence-electron chi connectivity index (χ2n) is 1.33. The van der Waals surface area contributed by atoms with Crippen molar-refractivity contribution < 1.29 is 10.3 Å². The summed E-state index contributed by atoms with van der Waals surface area (Å²) >= 11 is 0. The van der Waals surface area contributed by atoms with Gasteiger partial charge in [0.05, 0.1) is 12.5 Å². The van der Waals surface area contributed by atoms with Gasteiger partial charge in [-0.2, -0.15) is 0 Å². The Hall–Kier alpha value is -1.36. The van der Waals surface area contributed by atoms with E-state index in [0.717, 1.165) is 0 Å². The van der Waals surface area contributed by atoms with E-state index < -0.39 is 5.91 Å². The van der Waals surface area contributed by atoms with E-state index in [2.05, 4.69) is 9.97 Å². The molecule has 5 heteroatoms. The zero-order chi connectivity index (χ0) is 5.98. The lowest BCUT2D eigenvalue weighted by Crippen LogP contribution is -2.10. The monoisotopic (exact) mass is 129 g/mol. The molecule has 0 unspecified atom stereocenters. The molecule has 1 aromatic rings. The van der Waals surface area contributed by atoms with Crippen LogP contribution in [-0.4, -0.2) is 21.4 Å². The van der Waals surface area contributed by atoms with Crippen molar-refractivity contribution >= 4 is 5.91 Å². The van der Waals surface area contributed by atoms with Gasteiger partial charge in [0.15, 0.2) is 0 Å². The summed E-state index contributed by atoms with van der Waals surface area (Å²) in [7, 11) is 0. The number of rotatable bonds is 1. The molecule has 0 spiro atoms. The predicted octanol–water partition coefficient (Wildman–Crippen LogP) is -1.32. The van der Waals surface area contributed by atoms with Crippen LogP contribution in [0.1, 0.15) is 10.5 Å². The molecule has 0 saturated carbocycles. The lowest BCUT2D eigenvalue weighted by atomic mass is 10.5. The van der Waals surface area contributed by atoms with Crippen molar-refractivity contribution in [2.75, 3.05) is 0 Å². The minimum Gasteiger partial charge on any atom is -0.412 e. The molecule has 1 heterocycles. The van der Waals surface area contributed by atoms with E-state index in [0.29, 0.717) is 5.69 Å². The standard InChI is InChI=1S/C4H5N3O.H2O/c5-4(8)3-1-6-2-7-3;/h1-2H,(H2,5,8)(H,6,7);1H2. The summed E-state index contributed by atoms with van der Waals surface area (Å²) < 4.78 is 0. The van der Waals surface area contributed by atoms with E-state index in [-0.39, 0.29) is 5.48 Å². The smallest absolute Gasteiger partial charge is 0.266 e. The van der Waals surface area contributed by atoms with Gasteiger partial charge in [-0.1, -0.05) is 0 Å². The molecule has 1 rings (SSSR count). The Labute approximate surface area is 51.2 Å². The van der Waals surface area contributed by atoms with Crippen LogP contribution >= 0.6 is 0 Å². The fraction of sp³-hybridized carbons (Fsp3) is 0. The van der Waals surface area contributed by atoms with E-state index in [1.807, 2.05) is 0 Å². The molecule has 9 heavy (non-hydrogen) atoms. The van der Waals surface area contributed by atoms with E-state index in [1.54, 1.807) is 0 Å². The number of hydrogen-bond acceptors (Lipinski definition) is 2. The Morgan fingerprint density at radius 1 is 1.78 bits per heavy atom. The number of amides is 1. The first-order chi connectivity index (χ1) is 3.80. The molecule has 0 aromatic carbocycles. The van der Waals surface area contributed by atoms with Crippen molar-refractivity contribution in [3.8, 4) is 0 Å². The minimum atomic E-state index is -0.484. The summed E-state index contributed by atoms with van der Waals surface area (Å²) in [5.74, 6) is -0.484. The number of aromatic amines is 1. The molecule has 0 bridgehead atoms. The lowest BCUT2D eigenvalue weighted by Gasteiger charge is -1.80. The average Bonchev–Trinajstić information content (AvgIpc) is 2.12. The summed E-state index contributed by atoms with van der Waals surface area (Å²) in [6, 6.07) is 0. The Morgan fingerprint density at radius 2 is 2.44 bits per heavy atom. The van der Waals surface area contributed by atoms with Crippen molar-refractivity contribution in [2.24, 2.45) is 5.73 Å². The Kier molecular flexibility index (Phi) is 2.40. The van der Waals surface area contributed by atoms with Crippen LogP contribution in [-0.2, 0) is 0 Å². The number of primary amides is 1.